The van der Waals surface area contributed by atoms with Gasteiger partial charge in [-0.2, -0.15) is 0 Å². The molecule has 0 aliphatic rings. The lowest BCUT2D eigenvalue weighted by atomic mass is 10.1. The van der Waals surface area contributed by atoms with E-state index < -0.39 is 5.91 Å². The van der Waals surface area contributed by atoms with Crippen LogP contribution in [-0.2, 0) is 13.0 Å². The SMILES string of the molecule is CCNC(=NCc1cccc(C(N)=O)c1)NC(C)Cc1ccc(C)s1. The van der Waals surface area contributed by atoms with E-state index in [1.165, 1.54) is 9.75 Å². The largest absolute Gasteiger partial charge is 0.366 e. The van der Waals surface area contributed by atoms with Crippen LogP contribution < -0.4 is 16.4 Å². The molecule has 0 spiro atoms. The quantitative estimate of drug-likeness (QED) is 0.526. The van der Waals surface area contributed by atoms with Gasteiger partial charge in [-0.15, -0.1) is 11.3 Å². The van der Waals surface area contributed by atoms with Crippen LogP contribution in [-0.4, -0.2) is 24.5 Å². The highest BCUT2D eigenvalue weighted by molar-refractivity contribution is 7.11. The van der Waals surface area contributed by atoms with Crippen molar-refractivity contribution in [1.82, 2.24) is 10.6 Å². The minimum Gasteiger partial charge on any atom is -0.366 e. The molecular weight excluding hydrogens is 332 g/mol. The lowest BCUT2D eigenvalue weighted by Gasteiger charge is -2.17. The Morgan fingerprint density at radius 1 is 1.32 bits per heavy atom. The standard InChI is InChI=1S/C19H26N4OS/c1-4-21-19(23-13(2)10-17-9-8-14(3)25-17)22-12-15-6-5-7-16(11-15)18(20)24/h5-9,11,13H,4,10,12H2,1-3H3,(H2,20,24)(H2,21,22,23). The molecule has 0 saturated heterocycles. The summed E-state index contributed by atoms with van der Waals surface area (Å²) in [4.78, 5) is 18.6. The van der Waals surface area contributed by atoms with Crippen LogP contribution in [0.2, 0.25) is 0 Å². The molecule has 5 nitrogen and oxygen atoms in total. The average molecular weight is 359 g/mol. The van der Waals surface area contributed by atoms with Crippen molar-refractivity contribution in [3.63, 3.8) is 0 Å². The van der Waals surface area contributed by atoms with Crippen molar-refractivity contribution in [2.45, 2.75) is 39.8 Å². The van der Waals surface area contributed by atoms with Crippen LogP contribution in [0, 0.1) is 6.92 Å². The van der Waals surface area contributed by atoms with Crippen molar-refractivity contribution in [3.8, 4) is 0 Å². The molecule has 0 radical (unpaired) electrons. The monoisotopic (exact) mass is 358 g/mol. The molecule has 2 aromatic rings. The van der Waals surface area contributed by atoms with Crippen molar-refractivity contribution in [2.24, 2.45) is 10.7 Å². The number of hydrogen-bond donors (Lipinski definition) is 3. The Labute approximate surface area is 153 Å². The molecule has 4 N–H and O–H groups in total. The van der Waals surface area contributed by atoms with Gasteiger partial charge in [-0.05, 0) is 50.6 Å². The number of rotatable bonds is 7. The zero-order valence-corrected chi connectivity index (χ0v) is 15.8. The number of hydrogen-bond acceptors (Lipinski definition) is 3. The Morgan fingerprint density at radius 3 is 2.76 bits per heavy atom. The summed E-state index contributed by atoms with van der Waals surface area (Å²) in [7, 11) is 0. The second kappa shape index (κ2) is 9.22. The summed E-state index contributed by atoms with van der Waals surface area (Å²) in [5.41, 5.74) is 6.79. The molecule has 1 aromatic heterocycles. The number of carbonyl (C=O) groups excluding carboxylic acids is 1. The molecule has 134 valence electrons. The summed E-state index contributed by atoms with van der Waals surface area (Å²) in [5, 5.41) is 6.70. The third-order valence-electron chi connectivity index (χ3n) is 3.66. The van der Waals surface area contributed by atoms with E-state index in [9.17, 15) is 4.79 Å². The average Bonchev–Trinajstić information content (AvgIpc) is 2.98. The zero-order chi connectivity index (χ0) is 18.2. The molecule has 1 atom stereocenters. The van der Waals surface area contributed by atoms with Crippen molar-refractivity contribution < 1.29 is 4.79 Å². The predicted octanol–water partition coefficient (Wildman–Crippen LogP) is 2.84. The maximum atomic E-state index is 11.3. The molecule has 6 heteroatoms. The van der Waals surface area contributed by atoms with E-state index >= 15 is 0 Å². The fraction of sp³-hybridized carbons (Fsp3) is 0.368. The Balaban J connectivity index is 1.99. The minimum absolute atomic E-state index is 0.271. The second-order valence-electron chi connectivity index (χ2n) is 6.02. The number of benzene rings is 1. The summed E-state index contributed by atoms with van der Waals surface area (Å²) in [6.45, 7) is 7.59. The Bertz CT molecular complexity index is 739. The van der Waals surface area contributed by atoms with E-state index in [1.807, 2.05) is 30.4 Å². The number of aryl methyl sites for hydroxylation is 1. The van der Waals surface area contributed by atoms with Gasteiger partial charge in [0.1, 0.15) is 0 Å². The lowest BCUT2D eigenvalue weighted by Crippen LogP contribution is -2.43. The van der Waals surface area contributed by atoms with Crippen LogP contribution in [0.3, 0.4) is 0 Å². The first-order valence-corrected chi connectivity index (χ1v) is 9.28. The van der Waals surface area contributed by atoms with Crippen LogP contribution in [0.4, 0.5) is 0 Å². The summed E-state index contributed by atoms with van der Waals surface area (Å²) in [6, 6.07) is 11.9. The third-order valence-corrected chi connectivity index (χ3v) is 4.68. The second-order valence-corrected chi connectivity index (χ2v) is 7.39. The predicted molar refractivity (Wildman–Crippen MR) is 105 cm³/mol. The van der Waals surface area contributed by atoms with Gasteiger partial charge >= 0.3 is 0 Å². The van der Waals surface area contributed by atoms with Gasteiger partial charge in [0, 0.05) is 34.3 Å². The van der Waals surface area contributed by atoms with E-state index in [2.05, 4.69) is 41.6 Å². The fourth-order valence-corrected chi connectivity index (χ4v) is 3.51. The smallest absolute Gasteiger partial charge is 0.248 e. The molecule has 0 aliphatic carbocycles. The number of nitrogens with two attached hydrogens (primary N) is 1. The maximum Gasteiger partial charge on any atom is 0.248 e. The number of carbonyl (C=O) groups is 1. The van der Waals surface area contributed by atoms with Crippen molar-refractivity contribution in [2.75, 3.05) is 6.54 Å². The van der Waals surface area contributed by atoms with Crippen LogP contribution in [0.15, 0.2) is 41.4 Å². The highest BCUT2D eigenvalue weighted by Crippen LogP contribution is 2.16. The first kappa shape index (κ1) is 19.0. The van der Waals surface area contributed by atoms with Gasteiger partial charge in [0.2, 0.25) is 5.91 Å². The van der Waals surface area contributed by atoms with E-state index in [4.69, 9.17) is 5.73 Å². The van der Waals surface area contributed by atoms with Gasteiger partial charge in [-0.1, -0.05) is 12.1 Å². The summed E-state index contributed by atoms with van der Waals surface area (Å²) < 4.78 is 0. The van der Waals surface area contributed by atoms with Crippen LogP contribution >= 0.6 is 11.3 Å². The van der Waals surface area contributed by atoms with Crippen LogP contribution in [0.25, 0.3) is 0 Å². The normalized spacial score (nSPS) is 12.7. The third kappa shape index (κ3) is 6.23. The minimum atomic E-state index is -0.421. The molecule has 1 unspecified atom stereocenters. The lowest BCUT2D eigenvalue weighted by molar-refractivity contribution is 0.1000. The number of thiophene rings is 1. The molecule has 0 saturated carbocycles. The van der Waals surface area contributed by atoms with Crippen LogP contribution in [0.5, 0.6) is 0 Å². The van der Waals surface area contributed by atoms with Crippen molar-refractivity contribution in [1.29, 1.82) is 0 Å². The highest BCUT2D eigenvalue weighted by Gasteiger charge is 2.08. The Morgan fingerprint density at radius 2 is 2.12 bits per heavy atom. The van der Waals surface area contributed by atoms with Gasteiger partial charge < -0.3 is 16.4 Å². The van der Waals surface area contributed by atoms with E-state index in [-0.39, 0.29) is 6.04 Å². The van der Waals surface area contributed by atoms with Gasteiger partial charge in [0.05, 0.1) is 6.54 Å². The van der Waals surface area contributed by atoms with E-state index in [0.29, 0.717) is 12.1 Å². The molecule has 0 aliphatic heterocycles. The molecular formula is C19H26N4OS. The molecule has 1 aromatic carbocycles. The number of nitrogens with one attached hydrogen (secondary N) is 2. The number of primary amides is 1. The zero-order valence-electron chi connectivity index (χ0n) is 15.0. The Kier molecular flexibility index (Phi) is 7.01. The van der Waals surface area contributed by atoms with Gasteiger partial charge in [0.25, 0.3) is 0 Å². The molecule has 1 amide bonds. The molecule has 0 bridgehead atoms. The number of amides is 1. The Hall–Kier alpha value is -2.34. The molecule has 2 rings (SSSR count). The molecule has 25 heavy (non-hydrogen) atoms. The number of aliphatic imine (C=N–C) groups is 1. The van der Waals surface area contributed by atoms with E-state index in [0.717, 1.165) is 24.5 Å². The van der Waals surface area contributed by atoms with Gasteiger partial charge in [-0.3, -0.25) is 4.79 Å². The molecule has 1 heterocycles. The van der Waals surface area contributed by atoms with Gasteiger partial charge in [-0.25, -0.2) is 4.99 Å². The van der Waals surface area contributed by atoms with Crippen molar-refractivity contribution >= 4 is 23.2 Å². The summed E-state index contributed by atoms with van der Waals surface area (Å²) >= 11 is 1.83. The highest BCUT2D eigenvalue weighted by atomic mass is 32.1. The van der Waals surface area contributed by atoms with E-state index in [1.54, 1.807) is 12.1 Å². The maximum absolute atomic E-state index is 11.3. The number of guanidine groups is 1. The van der Waals surface area contributed by atoms with Gasteiger partial charge in [0.15, 0.2) is 5.96 Å². The number of nitrogens with zero attached hydrogens (tertiary/aromatic N) is 1. The topological polar surface area (TPSA) is 79.5 Å². The van der Waals surface area contributed by atoms with Crippen LogP contribution in [0.1, 0.15) is 39.5 Å². The first-order chi connectivity index (χ1) is 12.0. The molecule has 0 fully saturated rings. The summed E-state index contributed by atoms with van der Waals surface area (Å²) in [5.74, 6) is 0.350. The fourth-order valence-electron chi connectivity index (χ4n) is 2.49. The summed E-state index contributed by atoms with van der Waals surface area (Å²) in [6.07, 6.45) is 0.958. The first-order valence-electron chi connectivity index (χ1n) is 8.46. The van der Waals surface area contributed by atoms with Crippen molar-refractivity contribution in [3.05, 3.63) is 57.3 Å².